The van der Waals surface area contributed by atoms with E-state index < -0.39 is 27.9 Å². The van der Waals surface area contributed by atoms with Crippen LogP contribution in [0.25, 0.3) is 0 Å². The molecule has 0 bridgehead atoms. The summed E-state index contributed by atoms with van der Waals surface area (Å²) < 4.78 is 30.5. The fourth-order valence-corrected chi connectivity index (χ4v) is 5.19. The average molecular weight is 499 g/mol. The summed E-state index contributed by atoms with van der Waals surface area (Å²) in [4.78, 5) is 23.8. The molecule has 0 saturated carbocycles. The zero-order chi connectivity index (χ0) is 21.8. The molecule has 0 radical (unpaired) electrons. The number of aromatic nitrogens is 2. The van der Waals surface area contributed by atoms with Crippen molar-refractivity contribution in [2.75, 3.05) is 28.7 Å². The number of ether oxygens (including phenoxy) is 1. The quantitative estimate of drug-likeness (QED) is 0.335. The summed E-state index contributed by atoms with van der Waals surface area (Å²) >= 11 is 14.0. The van der Waals surface area contributed by atoms with Crippen molar-refractivity contribution in [2.45, 2.75) is 17.3 Å². The maximum Gasteiger partial charge on any atom is 0.316 e. The predicted molar refractivity (Wildman–Crippen MR) is 115 cm³/mol. The third kappa shape index (κ3) is 6.44. The third-order valence-electron chi connectivity index (χ3n) is 3.42. The SMILES string of the molecule is COC(=O)CSc1nnc(NC(=O)[C@@H](C)N(c2ccc(Cl)c(Cl)c2)S(C)(=O)=O)s1. The highest BCUT2D eigenvalue weighted by molar-refractivity contribution is 8.01. The maximum atomic E-state index is 12.6. The lowest BCUT2D eigenvalue weighted by molar-refractivity contribution is -0.137. The van der Waals surface area contributed by atoms with Crippen LogP contribution < -0.4 is 9.62 Å². The molecular formula is C15H16Cl2N4O5S3. The first kappa shape index (κ1) is 23.7. The van der Waals surface area contributed by atoms with Crippen molar-refractivity contribution in [3.63, 3.8) is 0 Å². The van der Waals surface area contributed by atoms with Gasteiger partial charge in [-0.1, -0.05) is 46.3 Å². The van der Waals surface area contributed by atoms with Crippen LogP contribution in [0.1, 0.15) is 6.92 Å². The Bertz CT molecular complexity index is 1020. The molecule has 0 aliphatic carbocycles. The van der Waals surface area contributed by atoms with E-state index in [9.17, 15) is 18.0 Å². The van der Waals surface area contributed by atoms with Crippen LogP contribution in [0, 0.1) is 0 Å². The van der Waals surface area contributed by atoms with Gasteiger partial charge >= 0.3 is 5.97 Å². The van der Waals surface area contributed by atoms with E-state index in [-0.39, 0.29) is 26.6 Å². The minimum Gasteiger partial charge on any atom is -0.468 e. The van der Waals surface area contributed by atoms with Crippen molar-refractivity contribution >= 4 is 79.0 Å². The molecule has 0 fully saturated rings. The topological polar surface area (TPSA) is 119 Å². The van der Waals surface area contributed by atoms with Gasteiger partial charge in [-0.15, -0.1) is 10.2 Å². The molecular weight excluding hydrogens is 483 g/mol. The van der Waals surface area contributed by atoms with Crippen LogP contribution in [0.15, 0.2) is 22.5 Å². The van der Waals surface area contributed by atoms with Crippen molar-refractivity contribution in [2.24, 2.45) is 0 Å². The molecule has 1 N–H and O–H groups in total. The average Bonchev–Trinajstić information content (AvgIpc) is 3.08. The zero-order valence-electron chi connectivity index (χ0n) is 15.4. The van der Waals surface area contributed by atoms with E-state index in [0.29, 0.717) is 4.34 Å². The number of benzene rings is 1. The van der Waals surface area contributed by atoms with Gasteiger partial charge in [-0.05, 0) is 25.1 Å². The summed E-state index contributed by atoms with van der Waals surface area (Å²) in [5, 5.41) is 10.8. The van der Waals surface area contributed by atoms with E-state index in [1.165, 1.54) is 32.2 Å². The molecule has 0 aliphatic rings. The second-order valence-corrected chi connectivity index (χ2v) is 10.4. The van der Waals surface area contributed by atoms with Crippen molar-refractivity contribution in [1.29, 1.82) is 0 Å². The van der Waals surface area contributed by atoms with Crippen LogP contribution in [-0.4, -0.2) is 55.7 Å². The van der Waals surface area contributed by atoms with Gasteiger partial charge in [-0.25, -0.2) is 8.42 Å². The highest BCUT2D eigenvalue weighted by atomic mass is 35.5. The van der Waals surface area contributed by atoms with Gasteiger partial charge in [0.2, 0.25) is 21.1 Å². The van der Waals surface area contributed by atoms with E-state index in [1.807, 2.05) is 0 Å². The minimum atomic E-state index is -3.82. The molecule has 158 valence electrons. The van der Waals surface area contributed by atoms with E-state index >= 15 is 0 Å². The number of amides is 1. The molecule has 2 rings (SSSR count). The van der Waals surface area contributed by atoms with Crippen molar-refractivity contribution in [3.8, 4) is 0 Å². The van der Waals surface area contributed by atoms with Gasteiger partial charge in [0.1, 0.15) is 6.04 Å². The van der Waals surface area contributed by atoms with E-state index in [4.69, 9.17) is 23.2 Å². The number of carbonyl (C=O) groups excluding carboxylic acids is 2. The first-order chi connectivity index (χ1) is 13.5. The number of carbonyl (C=O) groups is 2. The van der Waals surface area contributed by atoms with E-state index in [2.05, 4.69) is 20.3 Å². The van der Waals surface area contributed by atoms with E-state index in [0.717, 1.165) is 33.7 Å². The zero-order valence-corrected chi connectivity index (χ0v) is 19.3. The van der Waals surface area contributed by atoms with Crippen LogP contribution in [-0.2, 0) is 24.3 Å². The van der Waals surface area contributed by atoms with Crippen LogP contribution in [0.3, 0.4) is 0 Å². The standard InChI is InChI=1S/C15H16Cl2N4O5S3/c1-8(21(29(3,24)25)9-4-5-10(16)11(17)6-9)13(23)18-14-19-20-15(28-14)27-7-12(22)26-2/h4-6,8H,7H2,1-3H3,(H,18,19,23)/t8-/m1/s1. The highest BCUT2D eigenvalue weighted by Gasteiger charge is 2.30. The molecule has 0 saturated heterocycles. The number of halogens is 2. The van der Waals surface area contributed by atoms with Gasteiger partial charge < -0.3 is 4.74 Å². The number of rotatable bonds is 8. The van der Waals surface area contributed by atoms with Gasteiger partial charge in [-0.3, -0.25) is 19.2 Å². The number of sulfonamides is 1. The van der Waals surface area contributed by atoms with Gasteiger partial charge in [0.15, 0.2) is 4.34 Å². The molecule has 1 amide bonds. The van der Waals surface area contributed by atoms with Crippen LogP contribution in [0.5, 0.6) is 0 Å². The molecule has 29 heavy (non-hydrogen) atoms. The Balaban J connectivity index is 2.16. The molecule has 1 aromatic carbocycles. The number of hydrogen-bond acceptors (Lipinski definition) is 9. The minimum absolute atomic E-state index is 0.0503. The summed E-state index contributed by atoms with van der Waals surface area (Å²) in [5.74, 6) is -0.994. The fourth-order valence-electron chi connectivity index (χ4n) is 2.14. The van der Waals surface area contributed by atoms with Crippen LogP contribution in [0.4, 0.5) is 10.8 Å². The molecule has 0 aliphatic heterocycles. The predicted octanol–water partition coefficient (Wildman–Crippen LogP) is 2.90. The molecule has 0 spiro atoms. The van der Waals surface area contributed by atoms with E-state index in [1.54, 1.807) is 0 Å². The summed E-state index contributed by atoms with van der Waals surface area (Å²) in [7, 11) is -2.54. The molecule has 1 aromatic heterocycles. The van der Waals surface area contributed by atoms with Gasteiger partial charge in [0.05, 0.1) is 34.9 Å². The van der Waals surface area contributed by atoms with Gasteiger partial charge in [0, 0.05) is 0 Å². The number of anilines is 2. The lowest BCUT2D eigenvalue weighted by Crippen LogP contribution is -2.45. The number of esters is 1. The third-order valence-corrected chi connectivity index (χ3v) is 7.35. The number of thioether (sulfide) groups is 1. The van der Waals surface area contributed by atoms with Crippen molar-refractivity contribution in [1.82, 2.24) is 10.2 Å². The first-order valence-corrected chi connectivity index (χ1v) is 12.2. The molecule has 2 aromatic rings. The first-order valence-electron chi connectivity index (χ1n) is 7.81. The normalized spacial score (nSPS) is 12.3. The smallest absolute Gasteiger partial charge is 0.316 e. The number of hydrogen-bond donors (Lipinski definition) is 1. The Labute approximate surface area is 185 Å². The second-order valence-electron chi connectivity index (χ2n) is 5.56. The summed E-state index contributed by atoms with van der Waals surface area (Å²) in [6, 6.07) is 3.14. The summed E-state index contributed by atoms with van der Waals surface area (Å²) in [6.45, 7) is 1.42. The maximum absolute atomic E-state index is 12.6. The molecule has 9 nitrogen and oxygen atoms in total. The Morgan fingerprint density at radius 3 is 2.59 bits per heavy atom. The number of nitrogens with one attached hydrogen (secondary N) is 1. The lowest BCUT2D eigenvalue weighted by atomic mass is 10.2. The largest absolute Gasteiger partial charge is 0.468 e. The Hall–Kier alpha value is -1.60. The number of nitrogens with zero attached hydrogens (tertiary/aromatic N) is 3. The molecule has 14 heteroatoms. The molecule has 1 heterocycles. The lowest BCUT2D eigenvalue weighted by Gasteiger charge is -2.28. The van der Waals surface area contributed by atoms with Gasteiger partial charge in [0.25, 0.3) is 0 Å². The van der Waals surface area contributed by atoms with Crippen LogP contribution in [0.2, 0.25) is 10.0 Å². The Morgan fingerprint density at radius 1 is 1.31 bits per heavy atom. The van der Waals surface area contributed by atoms with Crippen molar-refractivity contribution in [3.05, 3.63) is 28.2 Å². The van der Waals surface area contributed by atoms with Crippen molar-refractivity contribution < 1.29 is 22.7 Å². The molecule has 0 unspecified atom stereocenters. The summed E-state index contributed by atoms with van der Waals surface area (Å²) in [6.07, 6.45) is 0.978. The van der Waals surface area contributed by atoms with Gasteiger partial charge in [-0.2, -0.15) is 0 Å². The summed E-state index contributed by atoms with van der Waals surface area (Å²) in [5.41, 5.74) is 0.191. The monoisotopic (exact) mass is 498 g/mol. The highest BCUT2D eigenvalue weighted by Crippen LogP contribution is 2.30. The van der Waals surface area contributed by atoms with Crippen LogP contribution >= 0.6 is 46.3 Å². The number of methoxy groups -OCH3 is 1. The fraction of sp³-hybridized carbons (Fsp3) is 0.333. The Morgan fingerprint density at radius 2 is 2.00 bits per heavy atom. The molecule has 1 atom stereocenters. The second kappa shape index (κ2) is 9.94. The Kier molecular flexibility index (Phi) is 8.11.